The van der Waals surface area contributed by atoms with Crippen LogP contribution >= 0.6 is 0 Å². The van der Waals surface area contributed by atoms with Crippen molar-refractivity contribution < 1.29 is 28.9 Å². The Kier molecular flexibility index (Phi) is 6.95. The van der Waals surface area contributed by atoms with Gasteiger partial charge in [-0.2, -0.15) is 0 Å². The van der Waals surface area contributed by atoms with Crippen LogP contribution in [0.25, 0.3) is 0 Å². The van der Waals surface area contributed by atoms with Crippen LogP contribution < -0.4 is 0 Å². The SMILES string of the molecule is CCC[C@@H](CO)N1C=C(C(=O)O)C(=O)C2=CC(Cc3cccc(C)c3F)=C(OC)CC21. The number of rotatable bonds is 8. The number of aryl methyl sites for hydroxylation is 1. The monoisotopic (exact) mass is 429 g/mol. The zero-order chi connectivity index (χ0) is 22.7. The fourth-order valence-electron chi connectivity index (χ4n) is 4.31. The number of methoxy groups -OCH3 is 1. The number of aliphatic hydroxyl groups is 1. The number of nitrogens with zero attached hydrogens (tertiary/aromatic N) is 1. The van der Waals surface area contributed by atoms with E-state index in [-0.39, 0.29) is 30.5 Å². The maximum atomic E-state index is 14.6. The first kappa shape index (κ1) is 22.7. The van der Waals surface area contributed by atoms with E-state index in [9.17, 15) is 24.2 Å². The van der Waals surface area contributed by atoms with E-state index in [0.29, 0.717) is 40.9 Å². The van der Waals surface area contributed by atoms with Gasteiger partial charge in [0.1, 0.15) is 17.1 Å². The number of ether oxygens (including phenoxy) is 1. The molecule has 2 atom stereocenters. The first-order valence-electron chi connectivity index (χ1n) is 10.4. The van der Waals surface area contributed by atoms with Crippen molar-refractivity contribution in [1.29, 1.82) is 0 Å². The van der Waals surface area contributed by atoms with Crippen molar-refractivity contribution in [3.05, 3.63) is 69.9 Å². The third kappa shape index (κ3) is 4.42. The fraction of sp³-hybridized carbons (Fsp3) is 0.417. The van der Waals surface area contributed by atoms with E-state index in [1.807, 2.05) is 6.92 Å². The molecule has 1 heterocycles. The van der Waals surface area contributed by atoms with Crippen molar-refractivity contribution in [3.63, 3.8) is 0 Å². The number of Topliss-reactive ketones (excluding diaryl/α,β-unsaturated/α-hetero) is 1. The number of hydrogen-bond donors (Lipinski definition) is 2. The predicted molar refractivity (Wildman–Crippen MR) is 114 cm³/mol. The van der Waals surface area contributed by atoms with Crippen LogP contribution in [0.15, 0.2) is 53.0 Å². The third-order valence-electron chi connectivity index (χ3n) is 5.95. The van der Waals surface area contributed by atoms with Gasteiger partial charge in [-0.25, -0.2) is 9.18 Å². The summed E-state index contributed by atoms with van der Waals surface area (Å²) in [7, 11) is 1.53. The van der Waals surface area contributed by atoms with Crippen molar-refractivity contribution in [2.24, 2.45) is 0 Å². The van der Waals surface area contributed by atoms with Crippen LogP contribution in [0.5, 0.6) is 0 Å². The third-order valence-corrected chi connectivity index (χ3v) is 5.95. The summed E-state index contributed by atoms with van der Waals surface area (Å²) >= 11 is 0. The van der Waals surface area contributed by atoms with E-state index in [4.69, 9.17) is 4.74 Å². The average Bonchev–Trinajstić information content (AvgIpc) is 2.75. The standard InChI is InChI=1S/C24H28FNO5/c1-4-6-17(13-27)26-12-19(24(29)30)23(28)18-10-16(21(31-3)11-20(18)26)9-15-8-5-7-14(2)22(15)25/h5,7-8,10,12,17,20,27H,4,6,9,11,13H2,1-3H3,(H,29,30)/t17-,20?/m0/s1. The largest absolute Gasteiger partial charge is 0.501 e. The number of fused-ring (bicyclic) bond motifs is 1. The van der Waals surface area contributed by atoms with Gasteiger partial charge in [-0.1, -0.05) is 31.5 Å². The minimum absolute atomic E-state index is 0.164. The van der Waals surface area contributed by atoms with Crippen LogP contribution in [-0.4, -0.2) is 52.7 Å². The summed E-state index contributed by atoms with van der Waals surface area (Å²) in [5.41, 5.74) is 1.65. The Labute approximate surface area is 181 Å². The Morgan fingerprint density at radius 3 is 2.74 bits per heavy atom. The summed E-state index contributed by atoms with van der Waals surface area (Å²) in [6, 6.07) is 4.38. The van der Waals surface area contributed by atoms with Crippen LogP contribution in [0.1, 0.15) is 37.3 Å². The smallest absolute Gasteiger partial charge is 0.341 e. The van der Waals surface area contributed by atoms with Crippen molar-refractivity contribution in [2.45, 2.75) is 51.6 Å². The van der Waals surface area contributed by atoms with Gasteiger partial charge in [0, 0.05) is 24.6 Å². The lowest BCUT2D eigenvalue weighted by molar-refractivity contribution is -0.134. The molecular formula is C24H28FNO5. The summed E-state index contributed by atoms with van der Waals surface area (Å²) < 4.78 is 20.2. The predicted octanol–water partition coefficient (Wildman–Crippen LogP) is 3.29. The molecule has 1 unspecified atom stereocenters. The molecule has 166 valence electrons. The number of allylic oxidation sites excluding steroid dienone is 2. The fourth-order valence-corrected chi connectivity index (χ4v) is 4.31. The summed E-state index contributed by atoms with van der Waals surface area (Å²) in [5.74, 6) is -1.56. The Bertz CT molecular complexity index is 978. The summed E-state index contributed by atoms with van der Waals surface area (Å²) in [6.45, 7) is 3.50. The van der Waals surface area contributed by atoms with Crippen molar-refractivity contribution in [1.82, 2.24) is 4.90 Å². The second-order valence-corrected chi connectivity index (χ2v) is 7.95. The summed E-state index contributed by atoms with van der Waals surface area (Å²) in [4.78, 5) is 26.5. The molecule has 6 nitrogen and oxygen atoms in total. The molecule has 1 aromatic carbocycles. The van der Waals surface area contributed by atoms with Gasteiger partial charge in [0.25, 0.3) is 0 Å². The Morgan fingerprint density at radius 2 is 2.13 bits per heavy atom. The van der Waals surface area contributed by atoms with Gasteiger partial charge in [0.05, 0.1) is 25.8 Å². The van der Waals surface area contributed by atoms with E-state index in [1.165, 1.54) is 13.3 Å². The van der Waals surface area contributed by atoms with Gasteiger partial charge in [-0.05, 0) is 36.1 Å². The minimum atomic E-state index is -1.31. The summed E-state index contributed by atoms with van der Waals surface area (Å²) in [6.07, 6.45) is 4.99. The Morgan fingerprint density at radius 1 is 1.39 bits per heavy atom. The lowest BCUT2D eigenvalue weighted by Gasteiger charge is -2.42. The minimum Gasteiger partial charge on any atom is -0.501 e. The van der Waals surface area contributed by atoms with Crippen molar-refractivity contribution in [3.8, 4) is 0 Å². The maximum absolute atomic E-state index is 14.6. The molecule has 0 saturated heterocycles. The van der Waals surface area contributed by atoms with Crippen molar-refractivity contribution in [2.75, 3.05) is 13.7 Å². The molecule has 0 radical (unpaired) electrons. The topological polar surface area (TPSA) is 87.1 Å². The zero-order valence-electron chi connectivity index (χ0n) is 18.0. The number of halogens is 1. The molecule has 7 heteroatoms. The quantitative estimate of drug-likeness (QED) is 0.617. The molecule has 3 rings (SSSR count). The normalized spacial score (nSPS) is 19.6. The first-order valence-corrected chi connectivity index (χ1v) is 10.4. The van der Waals surface area contributed by atoms with Crippen LogP contribution in [-0.2, 0) is 20.7 Å². The lowest BCUT2D eigenvalue weighted by Crippen LogP contribution is -2.49. The number of carbonyl (C=O) groups excluding carboxylic acids is 1. The number of hydrogen-bond acceptors (Lipinski definition) is 5. The zero-order valence-corrected chi connectivity index (χ0v) is 18.0. The summed E-state index contributed by atoms with van der Waals surface area (Å²) in [5, 5.41) is 19.5. The molecule has 0 saturated carbocycles. The van der Waals surface area contributed by atoms with E-state index in [2.05, 4.69) is 0 Å². The van der Waals surface area contributed by atoms with Crippen LogP contribution in [0, 0.1) is 12.7 Å². The molecule has 31 heavy (non-hydrogen) atoms. The van der Waals surface area contributed by atoms with Gasteiger partial charge in [-0.3, -0.25) is 4.79 Å². The molecule has 0 fully saturated rings. The molecule has 2 N–H and O–H groups in total. The van der Waals surface area contributed by atoms with Gasteiger partial charge >= 0.3 is 5.97 Å². The highest BCUT2D eigenvalue weighted by Gasteiger charge is 2.40. The molecule has 0 aromatic heterocycles. The van der Waals surface area contributed by atoms with Crippen molar-refractivity contribution >= 4 is 11.8 Å². The second kappa shape index (κ2) is 9.47. The van der Waals surface area contributed by atoms with Gasteiger partial charge in [-0.15, -0.1) is 0 Å². The molecule has 0 amide bonds. The number of ketones is 1. The average molecular weight is 429 g/mol. The van der Waals surface area contributed by atoms with Crippen LogP contribution in [0.3, 0.4) is 0 Å². The van der Waals surface area contributed by atoms with Crippen LogP contribution in [0.4, 0.5) is 4.39 Å². The van der Waals surface area contributed by atoms with Gasteiger partial charge < -0.3 is 19.8 Å². The highest BCUT2D eigenvalue weighted by atomic mass is 19.1. The Balaban J connectivity index is 2.06. The number of carboxylic acid groups (broad SMARTS) is 1. The first-order chi connectivity index (χ1) is 14.8. The van der Waals surface area contributed by atoms with E-state index in [0.717, 1.165) is 6.42 Å². The van der Waals surface area contributed by atoms with Crippen LogP contribution in [0.2, 0.25) is 0 Å². The number of carbonyl (C=O) groups is 2. The molecule has 1 aliphatic carbocycles. The Hall–Kier alpha value is -2.93. The maximum Gasteiger partial charge on any atom is 0.341 e. The number of aliphatic hydroxyl groups excluding tert-OH is 1. The van der Waals surface area contributed by atoms with E-state index < -0.39 is 17.8 Å². The molecule has 0 spiro atoms. The van der Waals surface area contributed by atoms with Gasteiger partial charge in [0.2, 0.25) is 0 Å². The highest BCUT2D eigenvalue weighted by molar-refractivity contribution is 6.24. The van der Waals surface area contributed by atoms with Gasteiger partial charge in [0.15, 0.2) is 5.78 Å². The number of carboxylic acids is 1. The lowest BCUT2D eigenvalue weighted by atomic mass is 9.82. The van der Waals surface area contributed by atoms with E-state index >= 15 is 0 Å². The number of aliphatic carboxylic acids is 1. The molecule has 0 bridgehead atoms. The molecule has 1 aliphatic heterocycles. The molecular weight excluding hydrogens is 401 g/mol. The molecule has 1 aromatic rings. The number of benzene rings is 1. The molecule has 2 aliphatic rings. The second-order valence-electron chi connectivity index (χ2n) is 7.95. The highest BCUT2D eigenvalue weighted by Crippen LogP contribution is 2.37. The van der Waals surface area contributed by atoms with E-state index in [1.54, 1.807) is 36.1 Å².